The van der Waals surface area contributed by atoms with Gasteiger partial charge in [-0.3, -0.25) is 9.59 Å². The van der Waals surface area contributed by atoms with E-state index in [1.165, 1.54) is 347 Å². The molecule has 0 heterocycles. The molecule has 0 aliphatic carbocycles. The molecule has 2 unspecified atom stereocenters. The van der Waals surface area contributed by atoms with Crippen LogP contribution in [-0.4, -0.2) is 47.4 Å². The Morgan fingerprint density at radius 3 is 0.872 bits per heavy atom. The monoisotopic (exact) mass is 1100 g/mol. The minimum Gasteiger partial charge on any atom is -0.466 e. The van der Waals surface area contributed by atoms with E-state index in [-0.39, 0.29) is 18.5 Å². The van der Waals surface area contributed by atoms with Crippen LogP contribution in [0.2, 0.25) is 0 Å². The van der Waals surface area contributed by atoms with Gasteiger partial charge in [-0.05, 0) is 32.1 Å². The average Bonchev–Trinajstić information content (AvgIpc) is 3.44. The van der Waals surface area contributed by atoms with Gasteiger partial charge in [0.25, 0.3) is 0 Å². The van der Waals surface area contributed by atoms with Crippen molar-refractivity contribution in [2.75, 3.05) is 13.2 Å². The summed E-state index contributed by atoms with van der Waals surface area (Å²) < 4.78 is 5.50. The predicted molar refractivity (Wildman–Crippen MR) is 343 cm³/mol. The highest BCUT2D eigenvalue weighted by Gasteiger charge is 2.18. The fourth-order valence-corrected chi connectivity index (χ4v) is 11.6. The molecule has 0 saturated carbocycles. The van der Waals surface area contributed by atoms with Gasteiger partial charge < -0.3 is 20.3 Å². The van der Waals surface area contributed by atoms with Crippen molar-refractivity contribution in [2.24, 2.45) is 0 Å². The smallest absolute Gasteiger partial charge is 0.305 e. The molecule has 78 heavy (non-hydrogen) atoms. The summed E-state index contributed by atoms with van der Waals surface area (Å²) in [4.78, 5) is 24.6. The largest absolute Gasteiger partial charge is 0.466 e. The second kappa shape index (κ2) is 68.1. The van der Waals surface area contributed by atoms with Crippen LogP contribution >= 0.6 is 0 Å². The van der Waals surface area contributed by atoms with Crippen molar-refractivity contribution in [3.8, 4) is 0 Å². The zero-order chi connectivity index (χ0) is 56.4. The second-order valence-electron chi connectivity index (χ2n) is 24.9. The molecular formula is C72H141NO5. The average molecular weight is 1100 g/mol. The van der Waals surface area contributed by atoms with Gasteiger partial charge in [-0.25, -0.2) is 0 Å². The highest BCUT2D eigenvalue weighted by molar-refractivity contribution is 5.76. The molecular weight excluding hydrogens is 959 g/mol. The van der Waals surface area contributed by atoms with E-state index in [9.17, 15) is 19.8 Å². The van der Waals surface area contributed by atoms with Crippen LogP contribution < -0.4 is 5.32 Å². The van der Waals surface area contributed by atoms with Gasteiger partial charge in [0, 0.05) is 12.8 Å². The number of hydrogen-bond donors (Lipinski definition) is 3. The van der Waals surface area contributed by atoms with Gasteiger partial charge in [0.2, 0.25) is 5.91 Å². The van der Waals surface area contributed by atoms with Crippen LogP contribution in [0.15, 0.2) is 12.2 Å². The van der Waals surface area contributed by atoms with Gasteiger partial charge in [-0.1, -0.05) is 379 Å². The molecule has 464 valence electrons. The molecule has 0 aliphatic heterocycles. The lowest BCUT2D eigenvalue weighted by atomic mass is 10.0. The summed E-state index contributed by atoms with van der Waals surface area (Å²) in [6.45, 7) is 4.95. The Hall–Kier alpha value is -1.40. The van der Waals surface area contributed by atoms with Gasteiger partial charge in [-0.2, -0.15) is 0 Å². The first-order valence-corrected chi connectivity index (χ1v) is 36.0. The van der Waals surface area contributed by atoms with Gasteiger partial charge >= 0.3 is 5.97 Å². The number of hydrogen-bond acceptors (Lipinski definition) is 5. The Bertz CT molecular complexity index is 1180. The number of aliphatic hydroxyl groups excluding tert-OH is 2. The molecule has 0 saturated heterocycles. The molecule has 0 bridgehead atoms. The SMILES string of the molecule is CCCCCCCCCCCCCCCCC/C=C/C(O)C(CO)NC(=O)CCCCCCCCCCCCCCCCCCCCCCCCCCCCCCCCOC(=O)CCCCCCCCCCCCCCCC. The molecule has 0 aromatic heterocycles. The fourth-order valence-electron chi connectivity index (χ4n) is 11.6. The van der Waals surface area contributed by atoms with Crippen molar-refractivity contribution in [3.63, 3.8) is 0 Å². The van der Waals surface area contributed by atoms with Crippen molar-refractivity contribution in [3.05, 3.63) is 12.2 Å². The third kappa shape index (κ3) is 63.8. The predicted octanol–water partition coefficient (Wildman–Crippen LogP) is 23.1. The van der Waals surface area contributed by atoms with Crippen LogP contribution in [0.4, 0.5) is 0 Å². The normalized spacial score (nSPS) is 12.5. The quantitative estimate of drug-likeness (QED) is 0.0320. The molecule has 0 aromatic carbocycles. The fraction of sp³-hybridized carbons (Fsp3) is 0.944. The number of ether oxygens (including phenoxy) is 1. The Kier molecular flexibility index (Phi) is 66.9. The lowest BCUT2D eigenvalue weighted by molar-refractivity contribution is -0.143. The molecule has 3 N–H and O–H groups in total. The molecule has 0 rings (SSSR count). The number of amides is 1. The molecule has 1 amide bonds. The first-order valence-electron chi connectivity index (χ1n) is 36.0. The maximum atomic E-state index is 12.5. The molecule has 0 aromatic rings. The Morgan fingerprint density at radius 1 is 0.346 bits per heavy atom. The zero-order valence-corrected chi connectivity index (χ0v) is 53.2. The third-order valence-electron chi connectivity index (χ3n) is 17.1. The van der Waals surface area contributed by atoms with Crippen molar-refractivity contribution in [1.82, 2.24) is 5.32 Å². The van der Waals surface area contributed by atoms with Crippen molar-refractivity contribution in [2.45, 2.75) is 424 Å². The number of carbonyl (C=O) groups is 2. The van der Waals surface area contributed by atoms with E-state index in [4.69, 9.17) is 4.74 Å². The maximum absolute atomic E-state index is 12.5. The molecule has 0 aliphatic rings. The number of rotatable bonds is 68. The summed E-state index contributed by atoms with van der Waals surface area (Å²) in [5.74, 6) is -0.0373. The van der Waals surface area contributed by atoms with E-state index >= 15 is 0 Å². The summed E-state index contributed by atoms with van der Waals surface area (Å²) in [7, 11) is 0. The van der Waals surface area contributed by atoms with Gasteiger partial charge in [0.15, 0.2) is 0 Å². The van der Waals surface area contributed by atoms with E-state index in [0.29, 0.717) is 19.4 Å². The number of allylic oxidation sites excluding steroid dienone is 1. The number of nitrogens with one attached hydrogen (secondary N) is 1. The molecule has 6 heteroatoms. The van der Waals surface area contributed by atoms with E-state index in [1.807, 2.05) is 6.08 Å². The summed E-state index contributed by atoms with van der Waals surface area (Å²) >= 11 is 0. The molecule has 6 nitrogen and oxygen atoms in total. The van der Waals surface area contributed by atoms with E-state index in [1.54, 1.807) is 6.08 Å². The zero-order valence-electron chi connectivity index (χ0n) is 53.2. The summed E-state index contributed by atoms with van der Waals surface area (Å²) in [5, 5.41) is 23.2. The molecule has 0 radical (unpaired) electrons. The lowest BCUT2D eigenvalue weighted by Gasteiger charge is -2.20. The van der Waals surface area contributed by atoms with Crippen LogP contribution in [0.3, 0.4) is 0 Å². The Balaban J connectivity index is 3.34. The first-order chi connectivity index (χ1) is 38.5. The number of esters is 1. The highest BCUT2D eigenvalue weighted by atomic mass is 16.5. The minimum atomic E-state index is -0.841. The second-order valence-corrected chi connectivity index (χ2v) is 24.9. The molecule has 0 spiro atoms. The van der Waals surface area contributed by atoms with Crippen molar-refractivity contribution < 1.29 is 24.5 Å². The van der Waals surface area contributed by atoms with E-state index in [2.05, 4.69) is 19.2 Å². The highest BCUT2D eigenvalue weighted by Crippen LogP contribution is 2.19. The minimum absolute atomic E-state index is 0.0230. The van der Waals surface area contributed by atoms with Crippen LogP contribution in [0, 0.1) is 0 Å². The van der Waals surface area contributed by atoms with Crippen molar-refractivity contribution in [1.29, 1.82) is 0 Å². The van der Waals surface area contributed by atoms with Gasteiger partial charge in [0.1, 0.15) is 0 Å². The van der Waals surface area contributed by atoms with E-state index in [0.717, 1.165) is 38.5 Å². The summed E-state index contributed by atoms with van der Waals surface area (Å²) in [6.07, 6.45) is 84.4. The lowest BCUT2D eigenvalue weighted by Crippen LogP contribution is -2.45. The van der Waals surface area contributed by atoms with Crippen LogP contribution in [0.5, 0.6) is 0 Å². The van der Waals surface area contributed by atoms with Crippen LogP contribution in [0.25, 0.3) is 0 Å². The van der Waals surface area contributed by atoms with Crippen LogP contribution in [0.1, 0.15) is 412 Å². The maximum Gasteiger partial charge on any atom is 0.305 e. The number of carbonyl (C=O) groups excluding carboxylic acids is 2. The standard InChI is InChI=1S/C72H141NO5/c1-3-5-7-9-11-13-15-17-19-34-37-40-44-48-52-56-60-64-70(75)69(68-74)73-71(76)65-61-57-53-49-45-41-38-35-32-30-28-26-24-22-20-21-23-25-27-29-31-33-36-39-43-47-51-55-59-63-67-78-72(77)66-62-58-54-50-46-42-18-16-14-12-10-8-6-4-2/h60,64,69-70,74-75H,3-59,61-63,65-68H2,1-2H3,(H,73,76)/b64-60+. The van der Waals surface area contributed by atoms with E-state index < -0.39 is 12.1 Å². The topological polar surface area (TPSA) is 95.9 Å². The van der Waals surface area contributed by atoms with Crippen LogP contribution in [-0.2, 0) is 14.3 Å². The van der Waals surface area contributed by atoms with Gasteiger partial charge in [0.05, 0.1) is 25.4 Å². The third-order valence-corrected chi connectivity index (χ3v) is 17.1. The Morgan fingerprint density at radius 2 is 0.590 bits per heavy atom. The number of unbranched alkanes of at least 4 members (excludes halogenated alkanes) is 57. The Labute approximate surface area is 489 Å². The summed E-state index contributed by atoms with van der Waals surface area (Å²) in [5.41, 5.74) is 0. The first kappa shape index (κ1) is 76.6. The molecule has 2 atom stereocenters. The van der Waals surface area contributed by atoms with Crippen molar-refractivity contribution >= 4 is 11.9 Å². The summed E-state index contributed by atoms with van der Waals surface area (Å²) in [6, 6.07) is -0.624. The van der Waals surface area contributed by atoms with Gasteiger partial charge in [-0.15, -0.1) is 0 Å². The molecule has 0 fully saturated rings. The number of aliphatic hydroxyl groups is 2.